The molecule has 1 heterocycles. The van der Waals surface area contributed by atoms with Gasteiger partial charge in [-0.05, 0) is 6.42 Å². The third-order valence-corrected chi connectivity index (χ3v) is 3.49. The molecular weight excluding hydrogens is 228 g/mol. The molecule has 0 radical (unpaired) electrons. The molecule has 1 saturated heterocycles. The zero-order valence-electron chi connectivity index (χ0n) is 9.36. The summed E-state index contributed by atoms with van der Waals surface area (Å²) in [6.45, 7) is 2.70. The lowest BCUT2D eigenvalue weighted by Crippen LogP contribution is -2.53. The minimum Gasteiger partial charge on any atom is -0.480 e. The van der Waals surface area contributed by atoms with Crippen LogP contribution in [0.5, 0.6) is 0 Å². The predicted molar refractivity (Wildman–Crippen MR) is 63.6 cm³/mol. The lowest BCUT2D eigenvalue weighted by Gasteiger charge is -2.24. The average molecular weight is 246 g/mol. The van der Waals surface area contributed by atoms with Crippen molar-refractivity contribution in [2.75, 3.05) is 18.1 Å². The van der Waals surface area contributed by atoms with E-state index in [2.05, 4.69) is 10.6 Å². The number of carbonyl (C=O) groups is 2. The Morgan fingerprint density at radius 1 is 1.62 bits per heavy atom. The normalized spacial score (nSPS) is 22.4. The molecule has 0 aromatic heterocycles. The number of aliphatic carboxylic acids is 1. The Morgan fingerprint density at radius 2 is 2.38 bits per heavy atom. The second-order valence-corrected chi connectivity index (χ2v) is 4.92. The Kier molecular flexibility index (Phi) is 5.62. The molecule has 0 aromatic carbocycles. The van der Waals surface area contributed by atoms with Crippen molar-refractivity contribution in [3.05, 3.63) is 0 Å². The summed E-state index contributed by atoms with van der Waals surface area (Å²) in [7, 11) is 0. The van der Waals surface area contributed by atoms with Crippen LogP contribution in [0, 0.1) is 0 Å². The number of nitrogens with one attached hydrogen (secondary N) is 2. The molecule has 1 unspecified atom stereocenters. The number of carbonyl (C=O) groups excluding carboxylic acids is 1. The van der Waals surface area contributed by atoms with Crippen molar-refractivity contribution in [1.29, 1.82) is 0 Å². The summed E-state index contributed by atoms with van der Waals surface area (Å²) in [5.74, 6) is 0.553. The molecule has 0 aromatic rings. The van der Waals surface area contributed by atoms with E-state index in [0.717, 1.165) is 18.7 Å². The molecule has 2 atom stereocenters. The summed E-state index contributed by atoms with van der Waals surface area (Å²) in [6, 6.07) is -1.01. The van der Waals surface area contributed by atoms with Crippen molar-refractivity contribution in [3.8, 4) is 0 Å². The largest absolute Gasteiger partial charge is 0.480 e. The number of amides is 1. The van der Waals surface area contributed by atoms with E-state index in [0.29, 0.717) is 12.2 Å². The van der Waals surface area contributed by atoms with Gasteiger partial charge in [-0.1, -0.05) is 13.3 Å². The van der Waals surface area contributed by atoms with E-state index in [1.165, 1.54) is 0 Å². The van der Waals surface area contributed by atoms with Gasteiger partial charge >= 0.3 is 5.97 Å². The molecule has 1 aliphatic heterocycles. The number of thioether (sulfide) groups is 1. The Balaban J connectivity index is 2.43. The summed E-state index contributed by atoms with van der Waals surface area (Å²) >= 11 is 1.71. The first-order valence-electron chi connectivity index (χ1n) is 5.49. The van der Waals surface area contributed by atoms with Crippen molar-refractivity contribution in [2.24, 2.45) is 0 Å². The molecule has 92 valence electrons. The Labute approximate surface area is 99.4 Å². The second kappa shape index (κ2) is 6.75. The first-order chi connectivity index (χ1) is 7.65. The van der Waals surface area contributed by atoms with Gasteiger partial charge < -0.3 is 15.7 Å². The fourth-order valence-electron chi connectivity index (χ4n) is 1.55. The molecule has 1 rings (SSSR count). The lowest BCUT2D eigenvalue weighted by atomic mass is 10.1. The van der Waals surface area contributed by atoms with E-state index in [4.69, 9.17) is 5.11 Å². The molecule has 0 saturated carbocycles. The highest BCUT2D eigenvalue weighted by Gasteiger charge is 2.25. The van der Waals surface area contributed by atoms with E-state index < -0.39 is 12.0 Å². The molecular formula is C10H18N2O3S. The molecule has 1 amide bonds. The highest BCUT2D eigenvalue weighted by atomic mass is 32.2. The number of hydrogen-bond donors (Lipinski definition) is 3. The molecule has 16 heavy (non-hydrogen) atoms. The highest BCUT2D eigenvalue weighted by Crippen LogP contribution is 2.08. The molecule has 1 aliphatic rings. The quantitative estimate of drug-likeness (QED) is 0.639. The van der Waals surface area contributed by atoms with Crippen LogP contribution in [0.2, 0.25) is 0 Å². The van der Waals surface area contributed by atoms with E-state index in [9.17, 15) is 9.59 Å². The first-order valence-corrected chi connectivity index (χ1v) is 6.65. The van der Waals surface area contributed by atoms with Gasteiger partial charge in [0, 0.05) is 18.1 Å². The number of hydrogen-bond acceptors (Lipinski definition) is 4. The van der Waals surface area contributed by atoms with E-state index in [1.54, 1.807) is 11.8 Å². The summed E-state index contributed by atoms with van der Waals surface area (Å²) in [6.07, 6.45) is 1.21. The topological polar surface area (TPSA) is 78.4 Å². The van der Waals surface area contributed by atoms with Gasteiger partial charge in [0.25, 0.3) is 0 Å². The van der Waals surface area contributed by atoms with Crippen LogP contribution in [0.4, 0.5) is 0 Å². The zero-order chi connectivity index (χ0) is 12.0. The zero-order valence-corrected chi connectivity index (χ0v) is 10.2. The summed E-state index contributed by atoms with van der Waals surface area (Å²) in [5, 5.41) is 14.6. The average Bonchev–Trinajstić information content (AvgIpc) is 2.29. The molecule has 6 heteroatoms. The lowest BCUT2D eigenvalue weighted by molar-refractivity contribution is -0.142. The highest BCUT2D eigenvalue weighted by molar-refractivity contribution is 7.99. The Hall–Kier alpha value is -0.750. The van der Waals surface area contributed by atoms with Gasteiger partial charge in [0.15, 0.2) is 0 Å². The maximum Gasteiger partial charge on any atom is 0.326 e. The van der Waals surface area contributed by atoms with Crippen LogP contribution >= 0.6 is 11.8 Å². The minimum absolute atomic E-state index is 0.201. The van der Waals surface area contributed by atoms with Crippen molar-refractivity contribution in [3.63, 3.8) is 0 Å². The predicted octanol–water partition coefficient (Wildman–Crippen LogP) is 0.0609. The Bertz CT molecular complexity index is 254. The van der Waals surface area contributed by atoms with Gasteiger partial charge in [0.1, 0.15) is 6.04 Å². The summed E-state index contributed by atoms with van der Waals surface area (Å²) < 4.78 is 0. The van der Waals surface area contributed by atoms with Crippen LogP contribution < -0.4 is 10.6 Å². The fourth-order valence-corrected chi connectivity index (χ4v) is 2.49. The molecule has 1 fully saturated rings. The van der Waals surface area contributed by atoms with Crippen molar-refractivity contribution >= 4 is 23.6 Å². The van der Waals surface area contributed by atoms with Gasteiger partial charge in [-0.2, -0.15) is 11.8 Å². The molecule has 3 N–H and O–H groups in total. The SMILES string of the molecule is CCC[C@H](NC(=O)C1CSCCN1)C(=O)O. The van der Waals surface area contributed by atoms with Crippen LogP contribution in [-0.4, -0.2) is 47.1 Å². The van der Waals surface area contributed by atoms with Gasteiger partial charge in [-0.3, -0.25) is 4.79 Å². The van der Waals surface area contributed by atoms with Crippen LogP contribution in [0.15, 0.2) is 0 Å². The molecule has 0 aliphatic carbocycles. The molecule has 0 bridgehead atoms. The van der Waals surface area contributed by atoms with Crippen LogP contribution in [0.1, 0.15) is 19.8 Å². The van der Waals surface area contributed by atoms with Crippen LogP contribution in [0.3, 0.4) is 0 Å². The van der Waals surface area contributed by atoms with Crippen molar-refractivity contribution < 1.29 is 14.7 Å². The van der Waals surface area contributed by atoms with Crippen LogP contribution in [-0.2, 0) is 9.59 Å². The van der Waals surface area contributed by atoms with Crippen LogP contribution in [0.25, 0.3) is 0 Å². The van der Waals surface area contributed by atoms with Gasteiger partial charge in [0.05, 0.1) is 6.04 Å². The van der Waals surface area contributed by atoms with E-state index in [1.807, 2.05) is 6.92 Å². The Morgan fingerprint density at radius 3 is 2.88 bits per heavy atom. The fraction of sp³-hybridized carbons (Fsp3) is 0.800. The smallest absolute Gasteiger partial charge is 0.326 e. The summed E-state index contributed by atoms with van der Waals surface area (Å²) in [5.41, 5.74) is 0. The van der Waals surface area contributed by atoms with E-state index in [-0.39, 0.29) is 11.9 Å². The maximum absolute atomic E-state index is 11.7. The van der Waals surface area contributed by atoms with Crippen molar-refractivity contribution in [2.45, 2.75) is 31.8 Å². The second-order valence-electron chi connectivity index (χ2n) is 3.77. The monoisotopic (exact) mass is 246 g/mol. The standard InChI is InChI=1S/C10H18N2O3S/c1-2-3-7(10(14)15)12-9(13)8-6-16-5-4-11-8/h7-8,11H,2-6H2,1H3,(H,12,13)(H,14,15)/t7-,8?/m0/s1. The number of carboxylic acids is 1. The number of rotatable bonds is 5. The van der Waals surface area contributed by atoms with Crippen molar-refractivity contribution in [1.82, 2.24) is 10.6 Å². The minimum atomic E-state index is -0.960. The third kappa shape index (κ3) is 4.02. The third-order valence-electron chi connectivity index (χ3n) is 2.43. The number of carboxylic acid groups (broad SMARTS) is 1. The van der Waals surface area contributed by atoms with Gasteiger partial charge in [-0.25, -0.2) is 4.79 Å². The van der Waals surface area contributed by atoms with Gasteiger partial charge in [-0.15, -0.1) is 0 Å². The summed E-state index contributed by atoms with van der Waals surface area (Å²) in [4.78, 5) is 22.6. The first kappa shape index (κ1) is 13.3. The maximum atomic E-state index is 11.7. The molecule has 0 spiro atoms. The van der Waals surface area contributed by atoms with Gasteiger partial charge in [0.2, 0.25) is 5.91 Å². The van der Waals surface area contributed by atoms with E-state index >= 15 is 0 Å². The molecule has 5 nitrogen and oxygen atoms in total.